The van der Waals surface area contributed by atoms with Crippen molar-refractivity contribution >= 4 is 18.3 Å². The number of unbranched alkanes of at least 4 members (excludes halogenated alkanes) is 1. The Morgan fingerprint density at radius 1 is 1.39 bits per heavy atom. The largest absolute Gasteiger partial charge is 0.382 e. The second-order valence-electron chi connectivity index (χ2n) is 4.82. The summed E-state index contributed by atoms with van der Waals surface area (Å²) in [6.45, 7) is 4.32. The highest BCUT2D eigenvalue weighted by atomic mass is 35.5. The average Bonchev–Trinajstić information content (AvgIpc) is 2.33. The Morgan fingerprint density at radius 2 is 2.17 bits per heavy atom. The highest BCUT2D eigenvalue weighted by molar-refractivity contribution is 5.85. The minimum Gasteiger partial charge on any atom is -0.382 e. The fourth-order valence-electron chi connectivity index (χ4n) is 2.30. The number of carbonyl (C=O) groups excluding carboxylic acids is 1. The van der Waals surface area contributed by atoms with Crippen molar-refractivity contribution in [2.24, 2.45) is 11.7 Å². The van der Waals surface area contributed by atoms with Crippen molar-refractivity contribution < 1.29 is 9.53 Å². The fourth-order valence-corrected chi connectivity index (χ4v) is 2.30. The Balaban J connectivity index is 0.00000289. The van der Waals surface area contributed by atoms with Gasteiger partial charge in [-0.1, -0.05) is 6.42 Å². The third kappa shape index (κ3) is 7.19. The van der Waals surface area contributed by atoms with E-state index in [1.807, 2.05) is 6.92 Å². The van der Waals surface area contributed by atoms with Gasteiger partial charge in [0.1, 0.15) is 0 Å². The fraction of sp³-hybridized carbons (Fsp3) is 0.923. The Labute approximate surface area is 116 Å². The van der Waals surface area contributed by atoms with E-state index < -0.39 is 0 Å². The van der Waals surface area contributed by atoms with Gasteiger partial charge in [-0.2, -0.15) is 0 Å². The summed E-state index contributed by atoms with van der Waals surface area (Å²) in [5.74, 6) is 0.335. The van der Waals surface area contributed by atoms with Gasteiger partial charge in [0.15, 0.2) is 0 Å². The lowest BCUT2D eigenvalue weighted by Crippen LogP contribution is -2.38. The van der Waals surface area contributed by atoms with Crippen molar-refractivity contribution in [1.29, 1.82) is 0 Å². The number of nitrogens with two attached hydrogens (primary N) is 1. The van der Waals surface area contributed by atoms with Crippen LogP contribution in [0.3, 0.4) is 0 Å². The topological polar surface area (TPSA) is 64.3 Å². The lowest BCUT2D eigenvalue weighted by Gasteiger charge is -2.25. The molecule has 2 atom stereocenters. The number of rotatable bonds is 7. The zero-order valence-corrected chi connectivity index (χ0v) is 12.1. The normalized spacial score (nSPS) is 23.2. The Morgan fingerprint density at radius 3 is 2.83 bits per heavy atom. The first-order valence-corrected chi connectivity index (χ1v) is 6.85. The molecule has 1 aliphatic carbocycles. The first kappa shape index (κ1) is 17.7. The van der Waals surface area contributed by atoms with Gasteiger partial charge in [-0.05, 0) is 39.0 Å². The van der Waals surface area contributed by atoms with E-state index in [1.54, 1.807) is 0 Å². The van der Waals surface area contributed by atoms with E-state index in [0.717, 1.165) is 58.3 Å². The number of ether oxygens (including phenoxy) is 1. The van der Waals surface area contributed by atoms with E-state index in [4.69, 9.17) is 10.5 Å². The monoisotopic (exact) mass is 278 g/mol. The second-order valence-corrected chi connectivity index (χ2v) is 4.82. The van der Waals surface area contributed by atoms with Crippen molar-refractivity contribution in [2.75, 3.05) is 19.8 Å². The summed E-state index contributed by atoms with van der Waals surface area (Å²) in [6, 6.07) is 0.220. The zero-order chi connectivity index (χ0) is 12.5. The van der Waals surface area contributed by atoms with Gasteiger partial charge in [-0.15, -0.1) is 12.4 Å². The molecule has 1 aliphatic rings. The van der Waals surface area contributed by atoms with Gasteiger partial charge in [-0.25, -0.2) is 0 Å². The van der Waals surface area contributed by atoms with Gasteiger partial charge < -0.3 is 15.8 Å². The summed E-state index contributed by atoms with van der Waals surface area (Å²) in [5.41, 5.74) is 5.88. The molecule has 4 nitrogen and oxygen atoms in total. The Kier molecular flexibility index (Phi) is 10.4. The van der Waals surface area contributed by atoms with Gasteiger partial charge in [0, 0.05) is 31.7 Å². The maximum Gasteiger partial charge on any atom is 0.223 e. The molecule has 0 radical (unpaired) electrons. The van der Waals surface area contributed by atoms with Crippen LogP contribution in [-0.4, -0.2) is 31.7 Å². The van der Waals surface area contributed by atoms with Crippen LogP contribution in [0.1, 0.15) is 45.4 Å². The highest BCUT2D eigenvalue weighted by Gasteiger charge is 2.24. The maximum absolute atomic E-state index is 11.8. The smallest absolute Gasteiger partial charge is 0.223 e. The third-order valence-electron chi connectivity index (χ3n) is 3.30. The van der Waals surface area contributed by atoms with Gasteiger partial charge in [0.25, 0.3) is 0 Å². The van der Waals surface area contributed by atoms with Crippen molar-refractivity contribution in [3.8, 4) is 0 Å². The molecule has 1 rings (SSSR count). The van der Waals surface area contributed by atoms with Crippen LogP contribution in [0, 0.1) is 5.92 Å². The first-order valence-electron chi connectivity index (χ1n) is 6.85. The first-order chi connectivity index (χ1) is 8.24. The molecule has 0 aromatic rings. The number of hydrogen-bond donors (Lipinski definition) is 2. The van der Waals surface area contributed by atoms with E-state index in [1.165, 1.54) is 0 Å². The molecule has 0 spiro atoms. The van der Waals surface area contributed by atoms with E-state index in [2.05, 4.69) is 5.32 Å². The zero-order valence-electron chi connectivity index (χ0n) is 11.3. The van der Waals surface area contributed by atoms with Gasteiger partial charge in [-0.3, -0.25) is 4.79 Å². The van der Waals surface area contributed by atoms with Gasteiger partial charge >= 0.3 is 0 Å². The minimum atomic E-state index is 0. The van der Waals surface area contributed by atoms with Crippen LogP contribution in [0.5, 0.6) is 0 Å². The van der Waals surface area contributed by atoms with Gasteiger partial charge in [0.05, 0.1) is 0 Å². The maximum atomic E-state index is 11.8. The van der Waals surface area contributed by atoms with Crippen molar-refractivity contribution in [3.63, 3.8) is 0 Å². The molecule has 3 N–H and O–H groups in total. The van der Waals surface area contributed by atoms with Crippen molar-refractivity contribution in [3.05, 3.63) is 0 Å². The summed E-state index contributed by atoms with van der Waals surface area (Å²) in [7, 11) is 0. The molecule has 2 unspecified atom stereocenters. The number of amides is 1. The van der Waals surface area contributed by atoms with E-state index in [0.29, 0.717) is 0 Å². The molecular weight excluding hydrogens is 252 g/mol. The number of nitrogens with one attached hydrogen (secondary N) is 1. The van der Waals surface area contributed by atoms with E-state index in [-0.39, 0.29) is 30.3 Å². The number of carbonyl (C=O) groups is 1. The van der Waals surface area contributed by atoms with Gasteiger partial charge in [0.2, 0.25) is 5.91 Å². The third-order valence-corrected chi connectivity index (χ3v) is 3.30. The predicted octanol–water partition coefficient (Wildman–Crippen LogP) is 1.86. The van der Waals surface area contributed by atoms with Crippen molar-refractivity contribution in [2.45, 2.75) is 51.5 Å². The van der Waals surface area contributed by atoms with Crippen LogP contribution in [0.2, 0.25) is 0 Å². The molecule has 0 saturated heterocycles. The molecule has 1 fully saturated rings. The van der Waals surface area contributed by atoms with Crippen LogP contribution >= 0.6 is 12.4 Å². The molecule has 1 amide bonds. The quantitative estimate of drug-likeness (QED) is 0.699. The molecule has 0 aromatic carbocycles. The molecule has 0 bridgehead atoms. The SMILES string of the molecule is CCOCCCCNC(=O)C1CCCC(N)C1.Cl. The summed E-state index contributed by atoms with van der Waals surface area (Å²) in [6.07, 6.45) is 6.01. The lowest BCUT2D eigenvalue weighted by atomic mass is 9.85. The minimum absolute atomic E-state index is 0. The molecule has 0 heterocycles. The predicted molar refractivity (Wildman–Crippen MR) is 75.9 cm³/mol. The summed E-state index contributed by atoms with van der Waals surface area (Å²) in [4.78, 5) is 11.8. The standard InChI is InChI=1S/C13H26N2O2.ClH/c1-2-17-9-4-3-8-15-13(16)11-6-5-7-12(14)10-11;/h11-12H,2-10,14H2,1H3,(H,15,16);1H. The Hall–Kier alpha value is -0.320. The summed E-state index contributed by atoms with van der Waals surface area (Å²) < 4.78 is 5.24. The number of halogens is 1. The summed E-state index contributed by atoms with van der Waals surface area (Å²) in [5, 5.41) is 3.00. The Bertz CT molecular complexity index is 227. The number of hydrogen-bond acceptors (Lipinski definition) is 3. The van der Waals surface area contributed by atoms with E-state index in [9.17, 15) is 4.79 Å². The molecule has 1 saturated carbocycles. The van der Waals surface area contributed by atoms with Crippen LogP contribution < -0.4 is 11.1 Å². The molecular formula is C13H27ClN2O2. The molecule has 0 aromatic heterocycles. The molecule has 0 aliphatic heterocycles. The lowest BCUT2D eigenvalue weighted by molar-refractivity contribution is -0.126. The van der Waals surface area contributed by atoms with E-state index >= 15 is 0 Å². The molecule has 108 valence electrons. The highest BCUT2D eigenvalue weighted by Crippen LogP contribution is 2.22. The van der Waals surface area contributed by atoms with Crippen LogP contribution in [-0.2, 0) is 9.53 Å². The molecule has 5 heteroatoms. The van der Waals surface area contributed by atoms with Crippen LogP contribution in [0.25, 0.3) is 0 Å². The van der Waals surface area contributed by atoms with Crippen molar-refractivity contribution in [1.82, 2.24) is 5.32 Å². The van der Waals surface area contributed by atoms with Crippen LogP contribution in [0.15, 0.2) is 0 Å². The second kappa shape index (κ2) is 10.6. The molecule has 18 heavy (non-hydrogen) atoms. The summed E-state index contributed by atoms with van der Waals surface area (Å²) >= 11 is 0. The average molecular weight is 279 g/mol. The van der Waals surface area contributed by atoms with Crippen LogP contribution in [0.4, 0.5) is 0 Å².